The number of likely N-dealkylation sites (N-methyl/N-ethyl adjacent to an activating group) is 1. The van der Waals surface area contributed by atoms with Crippen LogP contribution in [-0.4, -0.2) is 75.2 Å². The molecule has 9 nitrogen and oxygen atoms in total. The van der Waals surface area contributed by atoms with Crippen molar-refractivity contribution in [2.45, 2.75) is 26.5 Å². The van der Waals surface area contributed by atoms with Crippen LogP contribution in [-0.2, 0) is 14.3 Å². The summed E-state index contributed by atoms with van der Waals surface area (Å²) < 4.78 is 36.5. The van der Waals surface area contributed by atoms with Crippen LogP contribution in [0.5, 0.6) is 5.75 Å². The normalized spacial score (nSPS) is 14.8. The molecule has 0 spiro atoms. The molecule has 0 aliphatic carbocycles. The summed E-state index contributed by atoms with van der Waals surface area (Å²) in [7, 11) is 1.76. The number of carbonyl (C=O) groups excluding carboxylic acids is 3. The number of anilines is 2. The van der Waals surface area contributed by atoms with Gasteiger partial charge in [-0.05, 0) is 37.2 Å². The van der Waals surface area contributed by atoms with Gasteiger partial charge in [-0.1, -0.05) is 25.4 Å². The molecule has 1 aliphatic rings. The van der Waals surface area contributed by atoms with Gasteiger partial charge in [0.25, 0.3) is 11.8 Å². The molecule has 0 unspecified atom stereocenters. The quantitative estimate of drug-likeness (QED) is 0.436. The molecule has 3 amide bonds. The number of nitrogens with one attached hydrogen (secondary N) is 2. The van der Waals surface area contributed by atoms with Crippen LogP contribution in [0.4, 0.5) is 20.2 Å². The van der Waals surface area contributed by atoms with Crippen LogP contribution >= 0.6 is 22.9 Å². The molecule has 2 N–H and O–H groups in total. The van der Waals surface area contributed by atoms with E-state index in [0.29, 0.717) is 15.8 Å². The summed E-state index contributed by atoms with van der Waals surface area (Å²) in [6.07, 6.45) is 0. The predicted molar refractivity (Wildman–Crippen MR) is 138 cm³/mol. The summed E-state index contributed by atoms with van der Waals surface area (Å²) in [6.45, 7) is 1.70. The fourth-order valence-electron chi connectivity index (χ4n) is 3.87. The molecule has 1 aliphatic heterocycles. The number of thiophene rings is 1. The van der Waals surface area contributed by atoms with E-state index >= 15 is 0 Å². The molecule has 0 radical (unpaired) electrons. The van der Waals surface area contributed by atoms with E-state index < -0.39 is 18.6 Å². The second-order valence-electron chi connectivity index (χ2n) is 8.81. The number of morpholine rings is 1. The van der Waals surface area contributed by atoms with Crippen LogP contribution < -0.4 is 20.3 Å². The minimum atomic E-state index is -3.13. The number of hydrogen-bond donors (Lipinski definition) is 2. The van der Waals surface area contributed by atoms with Crippen molar-refractivity contribution in [3.05, 3.63) is 39.5 Å². The van der Waals surface area contributed by atoms with Gasteiger partial charge in [-0.25, -0.2) is 0 Å². The van der Waals surface area contributed by atoms with E-state index in [1.165, 1.54) is 23.1 Å². The zero-order valence-corrected chi connectivity index (χ0v) is 22.2. The Kier molecular flexibility index (Phi) is 10.2. The smallest absolute Gasteiger partial charge is 0.387 e. The van der Waals surface area contributed by atoms with Crippen molar-refractivity contribution in [3.63, 3.8) is 0 Å². The Morgan fingerprint density at radius 2 is 2.03 bits per heavy atom. The Morgan fingerprint density at radius 1 is 1.27 bits per heavy atom. The lowest BCUT2D eigenvalue weighted by atomic mass is 10.1. The van der Waals surface area contributed by atoms with Crippen LogP contribution in [0.1, 0.15) is 23.5 Å². The van der Waals surface area contributed by atoms with Gasteiger partial charge in [0.1, 0.15) is 12.6 Å². The van der Waals surface area contributed by atoms with Gasteiger partial charge in [-0.3, -0.25) is 19.3 Å². The van der Waals surface area contributed by atoms with E-state index in [4.69, 9.17) is 16.3 Å². The number of rotatable bonds is 11. The summed E-state index contributed by atoms with van der Waals surface area (Å²) >= 11 is 7.04. The highest BCUT2D eigenvalue weighted by atomic mass is 35.5. The standard InChI is InChI=1S/C24H29ClF2N4O5S/c1-14(2)12-30(3)17(11-28-23(34)19-6-7-20(25)37-19)22(33)29-15-4-5-16(18(10-15)36-24(26)27)31-8-9-35-13-21(31)32/h4-7,10,14,17,24H,8-9,11-13H2,1-3H3,(H,28,34)(H,29,33)/t17-/m1/s1. The highest BCUT2D eigenvalue weighted by molar-refractivity contribution is 7.18. The molecule has 202 valence electrons. The number of alkyl halides is 2. The Balaban J connectivity index is 1.78. The van der Waals surface area contributed by atoms with Gasteiger partial charge < -0.3 is 25.0 Å². The summed E-state index contributed by atoms with van der Waals surface area (Å²) in [5.74, 6) is -1.22. The first kappa shape index (κ1) is 28.8. The lowest BCUT2D eigenvalue weighted by molar-refractivity contribution is -0.126. The van der Waals surface area contributed by atoms with E-state index in [2.05, 4.69) is 15.4 Å². The minimum Gasteiger partial charge on any atom is -0.433 e. The average Bonchev–Trinajstić information content (AvgIpc) is 3.25. The molecule has 0 saturated carbocycles. The number of amides is 3. The molecule has 2 aromatic rings. The monoisotopic (exact) mass is 558 g/mol. The molecule has 1 aromatic heterocycles. The van der Waals surface area contributed by atoms with E-state index in [1.807, 2.05) is 13.8 Å². The van der Waals surface area contributed by atoms with Crippen molar-refractivity contribution in [3.8, 4) is 5.75 Å². The third-order valence-corrected chi connectivity index (χ3v) is 6.69. The molecular weight excluding hydrogens is 530 g/mol. The van der Waals surface area contributed by atoms with Crippen LogP contribution in [0.2, 0.25) is 4.34 Å². The summed E-state index contributed by atoms with van der Waals surface area (Å²) in [5.41, 5.74) is 0.353. The third kappa shape index (κ3) is 8.09. The average molecular weight is 559 g/mol. The van der Waals surface area contributed by atoms with E-state index in [1.54, 1.807) is 24.1 Å². The van der Waals surface area contributed by atoms with Gasteiger partial charge in [-0.2, -0.15) is 8.78 Å². The number of benzene rings is 1. The van der Waals surface area contributed by atoms with Gasteiger partial charge in [-0.15, -0.1) is 11.3 Å². The molecule has 1 fully saturated rings. The highest BCUT2D eigenvalue weighted by Crippen LogP contribution is 2.33. The molecule has 3 rings (SSSR count). The van der Waals surface area contributed by atoms with Gasteiger partial charge in [0.2, 0.25) is 5.91 Å². The first-order valence-electron chi connectivity index (χ1n) is 11.6. The lowest BCUT2D eigenvalue weighted by Crippen LogP contribution is -2.50. The minimum absolute atomic E-state index is 0.00413. The van der Waals surface area contributed by atoms with Crippen molar-refractivity contribution in [2.75, 3.05) is 50.1 Å². The molecule has 0 bridgehead atoms. The lowest BCUT2D eigenvalue weighted by Gasteiger charge is -2.30. The van der Waals surface area contributed by atoms with Gasteiger partial charge in [0.05, 0.1) is 21.5 Å². The number of ether oxygens (including phenoxy) is 2. The number of carbonyl (C=O) groups is 3. The first-order chi connectivity index (χ1) is 17.5. The molecular formula is C24H29ClF2N4O5S. The maximum Gasteiger partial charge on any atom is 0.387 e. The van der Waals surface area contributed by atoms with Gasteiger partial charge in [0.15, 0.2) is 5.75 Å². The SMILES string of the molecule is CC(C)CN(C)[C@H](CNC(=O)c1ccc(Cl)s1)C(=O)Nc1ccc(N2CCOCC2=O)c(OC(F)F)c1. The van der Waals surface area contributed by atoms with Gasteiger partial charge >= 0.3 is 6.61 Å². The number of nitrogens with zero attached hydrogens (tertiary/aromatic N) is 2. The third-order valence-electron chi connectivity index (χ3n) is 5.46. The molecule has 2 heterocycles. The van der Waals surface area contributed by atoms with Crippen LogP contribution in [0.25, 0.3) is 0 Å². The van der Waals surface area contributed by atoms with Crippen molar-refractivity contribution < 1.29 is 32.6 Å². The highest BCUT2D eigenvalue weighted by Gasteiger charge is 2.27. The first-order valence-corrected chi connectivity index (χ1v) is 12.8. The van der Waals surface area contributed by atoms with Crippen molar-refractivity contribution in [1.82, 2.24) is 10.2 Å². The number of hydrogen-bond acceptors (Lipinski definition) is 7. The second kappa shape index (κ2) is 13.1. The Morgan fingerprint density at radius 3 is 2.65 bits per heavy atom. The van der Waals surface area contributed by atoms with E-state index in [0.717, 1.165) is 11.3 Å². The molecule has 1 saturated heterocycles. The fraction of sp³-hybridized carbons (Fsp3) is 0.458. The fourth-order valence-corrected chi connectivity index (χ4v) is 4.83. The molecule has 13 heteroatoms. The largest absolute Gasteiger partial charge is 0.433 e. The molecule has 1 atom stereocenters. The summed E-state index contributed by atoms with van der Waals surface area (Å²) in [6, 6.07) is 6.63. The summed E-state index contributed by atoms with van der Waals surface area (Å²) in [5, 5.41) is 5.47. The van der Waals surface area contributed by atoms with Crippen LogP contribution in [0, 0.1) is 5.92 Å². The zero-order valence-electron chi connectivity index (χ0n) is 20.6. The van der Waals surface area contributed by atoms with Crippen molar-refractivity contribution in [1.29, 1.82) is 0 Å². The maximum absolute atomic E-state index is 13.3. The van der Waals surface area contributed by atoms with Gasteiger partial charge in [0, 0.05) is 31.4 Å². The Hall–Kier alpha value is -2.80. The molecule has 1 aromatic carbocycles. The van der Waals surface area contributed by atoms with Crippen LogP contribution in [0.15, 0.2) is 30.3 Å². The Labute approximate surface area is 222 Å². The van der Waals surface area contributed by atoms with Crippen molar-refractivity contribution in [2.24, 2.45) is 5.92 Å². The predicted octanol–water partition coefficient (Wildman–Crippen LogP) is 3.69. The van der Waals surface area contributed by atoms with E-state index in [9.17, 15) is 23.2 Å². The van der Waals surface area contributed by atoms with Crippen LogP contribution in [0.3, 0.4) is 0 Å². The number of halogens is 3. The molecule has 37 heavy (non-hydrogen) atoms. The topological polar surface area (TPSA) is 100 Å². The maximum atomic E-state index is 13.3. The van der Waals surface area contributed by atoms with E-state index in [-0.39, 0.29) is 61.2 Å². The zero-order chi connectivity index (χ0) is 27.1. The summed E-state index contributed by atoms with van der Waals surface area (Å²) in [4.78, 5) is 41.5. The second-order valence-corrected chi connectivity index (χ2v) is 10.5. The van der Waals surface area contributed by atoms with Crippen molar-refractivity contribution >= 4 is 52.0 Å². The Bertz CT molecular complexity index is 1120.